The summed E-state index contributed by atoms with van der Waals surface area (Å²) >= 11 is 0. The first-order valence-electron chi connectivity index (χ1n) is 11.6. The number of fused-ring (bicyclic) bond motifs is 1. The number of hydrogen-bond donors (Lipinski definition) is 1. The zero-order valence-electron chi connectivity index (χ0n) is 20.0. The fraction of sp³-hybridized carbons (Fsp3) is 0.423. The molecule has 1 fully saturated rings. The number of hydrogen-bond acceptors (Lipinski definition) is 5. The van der Waals surface area contributed by atoms with Crippen molar-refractivity contribution in [3.8, 4) is 11.5 Å². The van der Waals surface area contributed by atoms with Gasteiger partial charge < -0.3 is 15.0 Å². The summed E-state index contributed by atoms with van der Waals surface area (Å²) in [7, 11) is -1.54. The van der Waals surface area contributed by atoms with Gasteiger partial charge in [0, 0.05) is 31.9 Å². The molecule has 0 aliphatic carbocycles. The second-order valence-corrected chi connectivity index (χ2v) is 11.6. The van der Waals surface area contributed by atoms with Crippen molar-refractivity contribution >= 4 is 21.3 Å². The number of halogens is 1. The molecule has 2 aromatic carbocycles. The zero-order chi connectivity index (χ0) is 24.6. The van der Waals surface area contributed by atoms with Gasteiger partial charge in [0.25, 0.3) is 0 Å². The van der Waals surface area contributed by atoms with Gasteiger partial charge >= 0.3 is 0 Å². The molecule has 0 aromatic heterocycles. The molecule has 0 radical (unpaired) electrons. The summed E-state index contributed by atoms with van der Waals surface area (Å²) in [5.41, 5.74) is 2.75. The van der Waals surface area contributed by atoms with Gasteiger partial charge in [0.1, 0.15) is 5.75 Å². The third-order valence-electron chi connectivity index (χ3n) is 6.58. The van der Waals surface area contributed by atoms with Crippen LogP contribution in [0.3, 0.4) is 0 Å². The summed E-state index contributed by atoms with van der Waals surface area (Å²) in [4.78, 5) is 14.2. The van der Waals surface area contributed by atoms with Crippen LogP contribution in [0.2, 0.25) is 0 Å². The summed E-state index contributed by atoms with van der Waals surface area (Å²) < 4.78 is 45.9. The van der Waals surface area contributed by atoms with Crippen LogP contribution in [0, 0.1) is 11.7 Å². The number of carbonyl (C=O) groups excluding carboxylic acids is 1. The number of amides is 1. The Bertz CT molecular complexity index is 1250. The highest BCUT2D eigenvalue weighted by molar-refractivity contribution is 7.90. The highest BCUT2D eigenvalue weighted by Gasteiger charge is 2.41. The number of likely N-dealkylation sites (N-methyl/N-ethyl adjacent to an activating group) is 1. The lowest BCUT2D eigenvalue weighted by atomic mass is 9.84. The van der Waals surface area contributed by atoms with E-state index in [2.05, 4.69) is 5.32 Å². The van der Waals surface area contributed by atoms with E-state index in [-0.39, 0.29) is 42.5 Å². The number of benzene rings is 2. The van der Waals surface area contributed by atoms with Crippen molar-refractivity contribution in [3.63, 3.8) is 0 Å². The lowest BCUT2D eigenvalue weighted by molar-refractivity contribution is -0.130. The largest absolute Gasteiger partial charge is 0.454 e. The minimum Gasteiger partial charge on any atom is -0.454 e. The Hall–Kier alpha value is -2.71. The predicted molar refractivity (Wildman–Crippen MR) is 133 cm³/mol. The Morgan fingerprint density at radius 3 is 2.71 bits per heavy atom. The molecule has 6 nitrogen and oxygen atoms in total. The van der Waals surface area contributed by atoms with Crippen molar-refractivity contribution < 1.29 is 23.8 Å². The molecule has 0 bridgehead atoms. The van der Waals surface area contributed by atoms with E-state index < -0.39 is 15.7 Å². The van der Waals surface area contributed by atoms with Gasteiger partial charge in [0.2, 0.25) is 5.91 Å². The van der Waals surface area contributed by atoms with Crippen molar-refractivity contribution in [2.24, 2.45) is 5.92 Å². The molecule has 2 aliphatic heterocycles. The third kappa shape index (κ3) is 4.74. The number of rotatable bonds is 7. The maximum Gasteiger partial charge on any atom is 0.244 e. The highest BCUT2D eigenvalue weighted by atomic mass is 32.2. The Morgan fingerprint density at radius 1 is 1.24 bits per heavy atom. The van der Waals surface area contributed by atoms with Crippen LogP contribution in [0.25, 0.3) is 5.57 Å². The molecule has 2 heterocycles. The molecule has 1 saturated heterocycles. The van der Waals surface area contributed by atoms with Crippen molar-refractivity contribution in [2.45, 2.75) is 44.9 Å². The molecule has 0 spiro atoms. The number of sulfone groups is 1. The van der Waals surface area contributed by atoms with Crippen LogP contribution in [0.1, 0.15) is 51.2 Å². The summed E-state index contributed by atoms with van der Waals surface area (Å²) in [6.45, 7) is 6.17. The molecule has 2 unspecified atom stereocenters. The van der Waals surface area contributed by atoms with Gasteiger partial charge in [0.05, 0.1) is 11.8 Å². The van der Waals surface area contributed by atoms with Crippen LogP contribution in [0.15, 0.2) is 42.6 Å². The second-order valence-electron chi connectivity index (χ2n) is 9.28. The van der Waals surface area contributed by atoms with E-state index in [9.17, 15) is 13.2 Å². The fourth-order valence-corrected chi connectivity index (χ4v) is 5.55. The van der Waals surface area contributed by atoms with E-state index >= 15 is 4.39 Å². The molecule has 1 N–H and O–H groups in total. The van der Waals surface area contributed by atoms with E-state index in [1.807, 2.05) is 13.8 Å². The maximum atomic E-state index is 15.2. The molecular formula is C26H33FN2O4S. The van der Waals surface area contributed by atoms with Crippen molar-refractivity contribution in [1.82, 2.24) is 10.2 Å². The molecule has 8 heteroatoms. The molecule has 1 amide bonds. The number of carbonyl (C=O) groups is 1. The van der Waals surface area contributed by atoms with Crippen LogP contribution in [-0.4, -0.2) is 44.6 Å². The predicted octanol–water partition coefficient (Wildman–Crippen LogP) is 4.71. The van der Waals surface area contributed by atoms with Crippen molar-refractivity contribution in [2.75, 3.05) is 19.3 Å². The Morgan fingerprint density at radius 2 is 2.00 bits per heavy atom. The number of nitrogens with one attached hydrogen (secondary N) is 1. The third-order valence-corrected chi connectivity index (χ3v) is 8.24. The maximum absolute atomic E-state index is 15.2. The minimum absolute atomic E-state index is 0. The average Bonchev–Trinajstić information content (AvgIpc) is 3.28. The smallest absolute Gasteiger partial charge is 0.244 e. The van der Waals surface area contributed by atoms with Gasteiger partial charge in [-0.15, -0.1) is 0 Å². The first kappa shape index (κ1) is 24.4. The normalized spacial score (nSPS) is 20.5. The Kier molecular flexibility index (Phi) is 6.82. The van der Waals surface area contributed by atoms with Gasteiger partial charge in [-0.25, -0.2) is 12.8 Å². The van der Waals surface area contributed by atoms with Gasteiger partial charge in [-0.05, 0) is 53.8 Å². The van der Waals surface area contributed by atoms with Crippen LogP contribution in [0.4, 0.5) is 4.39 Å². The zero-order valence-corrected chi connectivity index (χ0v) is 20.8. The average molecular weight is 489 g/mol. The van der Waals surface area contributed by atoms with Crippen molar-refractivity contribution in [1.29, 1.82) is 0 Å². The topological polar surface area (TPSA) is 75.7 Å². The summed E-state index contributed by atoms with van der Waals surface area (Å²) in [6.07, 6.45) is 2.56. The minimum atomic E-state index is -3.25. The van der Waals surface area contributed by atoms with E-state index in [4.69, 9.17) is 4.74 Å². The van der Waals surface area contributed by atoms with Gasteiger partial charge in [-0.3, -0.25) is 4.79 Å². The first-order chi connectivity index (χ1) is 16.1. The molecule has 184 valence electrons. The lowest BCUT2D eigenvalue weighted by Gasteiger charge is -2.32. The highest BCUT2D eigenvalue weighted by Crippen LogP contribution is 2.42. The van der Waals surface area contributed by atoms with Crippen LogP contribution >= 0.6 is 0 Å². The van der Waals surface area contributed by atoms with Crippen LogP contribution in [-0.2, 0) is 20.4 Å². The standard InChI is InChI=1S/C26H31FN2O4S.H2/c1-5-34(31,32)15-17-9-10-22(33-23-8-6-7-18(16(2)3)24(23)27)20(13-17)21-14-29(4)26(30)25-19(21)11-12-28-25;/h6-10,13-14,16,19,25,28H,5,11-12,15H2,1-4H3;1H. The van der Waals surface area contributed by atoms with E-state index in [0.29, 0.717) is 29.0 Å². The van der Waals surface area contributed by atoms with Gasteiger partial charge in [-0.1, -0.05) is 39.0 Å². The Balaban J connectivity index is 0.00000342. The van der Waals surface area contributed by atoms with Gasteiger partial charge in [-0.2, -0.15) is 0 Å². The molecule has 34 heavy (non-hydrogen) atoms. The number of ether oxygens (including phenoxy) is 1. The fourth-order valence-electron chi connectivity index (χ4n) is 4.66. The summed E-state index contributed by atoms with van der Waals surface area (Å²) in [5, 5.41) is 3.27. The van der Waals surface area contributed by atoms with Gasteiger partial charge in [0.15, 0.2) is 21.4 Å². The van der Waals surface area contributed by atoms with E-state index in [0.717, 1.165) is 12.0 Å². The summed E-state index contributed by atoms with van der Waals surface area (Å²) in [6, 6.07) is 9.96. The number of nitrogens with zero attached hydrogens (tertiary/aromatic N) is 1. The summed E-state index contributed by atoms with van der Waals surface area (Å²) in [5.74, 6) is -0.00221. The molecule has 2 aromatic rings. The lowest BCUT2D eigenvalue weighted by Crippen LogP contribution is -2.46. The van der Waals surface area contributed by atoms with Crippen LogP contribution in [0.5, 0.6) is 11.5 Å². The molecule has 2 atom stereocenters. The Labute approximate surface area is 202 Å². The monoisotopic (exact) mass is 488 g/mol. The molecular weight excluding hydrogens is 455 g/mol. The van der Waals surface area contributed by atoms with E-state index in [1.165, 1.54) is 0 Å². The van der Waals surface area contributed by atoms with Crippen LogP contribution < -0.4 is 10.1 Å². The first-order valence-corrected chi connectivity index (χ1v) is 13.4. The molecule has 4 rings (SSSR count). The SMILES string of the molecule is CCS(=O)(=O)Cc1ccc(Oc2cccc(C(C)C)c2F)c(C2=CN(C)C(=O)C3NCCC23)c1.[HH]. The molecule has 0 saturated carbocycles. The second kappa shape index (κ2) is 9.50. The van der Waals surface area contributed by atoms with E-state index in [1.54, 1.807) is 61.5 Å². The molecule has 2 aliphatic rings. The van der Waals surface area contributed by atoms with Crippen molar-refractivity contribution in [3.05, 3.63) is 65.1 Å². The quantitative estimate of drug-likeness (QED) is 0.611.